The van der Waals surface area contributed by atoms with E-state index < -0.39 is 0 Å². The molecule has 0 saturated carbocycles. The summed E-state index contributed by atoms with van der Waals surface area (Å²) in [5, 5.41) is 2.66. The van der Waals surface area contributed by atoms with Gasteiger partial charge in [0.2, 0.25) is 0 Å². The Morgan fingerprint density at radius 3 is 2.41 bits per heavy atom. The Balaban J connectivity index is 2.55. The van der Waals surface area contributed by atoms with Gasteiger partial charge in [-0.3, -0.25) is 0 Å². The molecule has 0 spiro atoms. The molecule has 90 valence electrons. The number of benzene rings is 2. The summed E-state index contributed by atoms with van der Waals surface area (Å²) >= 11 is 0. The van der Waals surface area contributed by atoms with Crippen molar-refractivity contribution in [1.82, 2.24) is 0 Å². The maximum Gasteiger partial charge on any atom is 0.00187 e. The highest BCUT2D eigenvalue weighted by molar-refractivity contribution is 5.86. The van der Waals surface area contributed by atoms with E-state index in [0.29, 0.717) is 0 Å². The molecule has 1 unspecified atom stereocenters. The third-order valence-electron chi connectivity index (χ3n) is 3.35. The molecule has 0 radical (unpaired) electrons. The fourth-order valence-corrected chi connectivity index (χ4v) is 2.73. The SMILES string of the molecule is CC(N)CC(C)(C)c1cccc2ccccc12. The summed E-state index contributed by atoms with van der Waals surface area (Å²) in [6.45, 7) is 6.63. The maximum absolute atomic E-state index is 5.96. The fourth-order valence-electron chi connectivity index (χ4n) is 2.73. The van der Waals surface area contributed by atoms with Gasteiger partial charge in [-0.25, -0.2) is 0 Å². The van der Waals surface area contributed by atoms with E-state index in [1.54, 1.807) is 0 Å². The molecule has 17 heavy (non-hydrogen) atoms. The van der Waals surface area contributed by atoms with E-state index in [1.165, 1.54) is 16.3 Å². The maximum atomic E-state index is 5.96. The van der Waals surface area contributed by atoms with Gasteiger partial charge < -0.3 is 5.73 Å². The molecule has 0 amide bonds. The van der Waals surface area contributed by atoms with E-state index in [0.717, 1.165) is 6.42 Å². The van der Waals surface area contributed by atoms with Crippen LogP contribution < -0.4 is 5.73 Å². The van der Waals surface area contributed by atoms with E-state index in [2.05, 4.69) is 63.2 Å². The van der Waals surface area contributed by atoms with Gasteiger partial charge in [-0.2, -0.15) is 0 Å². The lowest BCUT2D eigenvalue weighted by atomic mass is 9.77. The Labute approximate surface area is 104 Å². The summed E-state index contributed by atoms with van der Waals surface area (Å²) in [6, 6.07) is 15.3. The predicted molar refractivity (Wildman–Crippen MR) is 75.2 cm³/mol. The molecule has 0 aliphatic heterocycles. The van der Waals surface area contributed by atoms with Crippen LogP contribution in [0.3, 0.4) is 0 Å². The number of nitrogens with two attached hydrogens (primary N) is 1. The second-order valence-electron chi connectivity index (χ2n) is 5.59. The van der Waals surface area contributed by atoms with Gasteiger partial charge in [-0.1, -0.05) is 56.3 Å². The second-order valence-corrected chi connectivity index (χ2v) is 5.59. The second kappa shape index (κ2) is 4.50. The van der Waals surface area contributed by atoms with Crippen LogP contribution in [0, 0.1) is 0 Å². The monoisotopic (exact) mass is 227 g/mol. The highest BCUT2D eigenvalue weighted by Crippen LogP contribution is 2.33. The van der Waals surface area contributed by atoms with Crippen LogP contribution in [0.4, 0.5) is 0 Å². The highest BCUT2D eigenvalue weighted by Gasteiger charge is 2.23. The van der Waals surface area contributed by atoms with Crippen LogP contribution in [0.1, 0.15) is 32.8 Å². The molecular weight excluding hydrogens is 206 g/mol. The number of hydrogen-bond donors (Lipinski definition) is 1. The molecule has 1 atom stereocenters. The van der Waals surface area contributed by atoms with Crippen molar-refractivity contribution in [3.63, 3.8) is 0 Å². The van der Waals surface area contributed by atoms with Gasteiger partial charge in [0.05, 0.1) is 0 Å². The van der Waals surface area contributed by atoms with Crippen LogP contribution in [-0.2, 0) is 5.41 Å². The molecule has 0 fully saturated rings. The topological polar surface area (TPSA) is 26.0 Å². The lowest BCUT2D eigenvalue weighted by Crippen LogP contribution is -2.28. The van der Waals surface area contributed by atoms with E-state index >= 15 is 0 Å². The lowest BCUT2D eigenvalue weighted by Gasteiger charge is -2.28. The Morgan fingerprint density at radius 2 is 1.71 bits per heavy atom. The number of hydrogen-bond acceptors (Lipinski definition) is 1. The molecule has 2 aromatic rings. The molecule has 2 rings (SSSR count). The first-order chi connectivity index (χ1) is 8.00. The smallest absolute Gasteiger partial charge is 0.00187 e. The first-order valence-corrected chi connectivity index (χ1v) is 6.24. The molecule has 0 saturated heterocycles. The first-order valence-electron chi connectivity index (χ1n) is 6.24. The third kappa shape index (κ3) is 2.50. The van der Waals surface area contributed by atoms with Crippen molar-refractivity contribution in [2.75, 3.05) is 0 Å². The van der Waals surface area contributed by atoms with Crippen molar-refractivity contribution in [2.24, 2.45) is 5.73 Å². The van der Waals surface area contributed by atoms with Crippen LogP contribution >= 0.6 is 0 Å². The summed E-state index contributed by atoms with van der Waals surface area (Å²) < 4.78 is 0. The molecular formula is C16H21N. The Bertz CT molecular complexity index is 506. The zero-order chi connectivity index (χ0) is 12.5. The van der Waals surface area contributed by atoms with Crippen molar-refractivity contribution in [2.45, 2.75) is 38.6 Å². The van der Waals surface area contributed by atoms with E-state index in [1.807, 2.05) is 0 Å². The molecule has 2 aromatic carbocycles. The molecule has 0 heterocycles. The minimum Gasteiger partial charge on any atom is -0.328 e. The highest BCUT2D eigenvalue weighted by atomic mass is 14.6. The van der Waals surface area contributed by atoms with E-state index in [9.17, 15) is 0 Å². The molecule has 1 heteroatoms. The molecule has 0 bridgehead atoms. The van der Waals surface area contributed by atoms with Gasteiger partial charge >= 0.3 is 0 Å². The summed E-state index contributed by atoms with van der Waals surface area (Å²) in [5.74, 6) is 0. The molecule has 0 aliphatic rings. The van der Waals surface area contributed by atoms with Crippen molar-refractivity contribution in [3.8, 4) is 0 Å². The predicted octanol–water partition coefficient (Wildman–Crippen LogP) is 3.85. The van der Waals surface area contributed by atoms with Crippen LogP contribution in [0.15, 0.2) is 42.5 Å². The number of rotatable bonds is 3. The third-order valence-corrected chi connectivity index (χ3v) is 3.35. The Hall–Kier alpha value is -1.34. The van der Waals surface area contributed by atoms with Gasteiger partial charge in [0.25, 0.3) is 0 Å². The van der Waals surface area contributed by atoms with Crippen LogP contribution in [-0.4, -0.2) is 6.04 Å². The zero-order valence-corrected chi connectivity index (χ0v) is 10.9. The molecule has 0 aromatic heterocycles. The van der Waals surface area contributed by atoms with Crippen molar-refractivity contribution < 1.29 is 0 Å². The van der Waals surface area contributed by atoms with Crippen LogP contribution in [0.2, 0.25) is 0 Å². The van der Waals surface area contributed by atoms with Crippen molar-refractivity contribution in [1.29, 1.82) is 0 Å². The van der Waals surface area contributed by atoms with Gasteiger partial charge in [-0.15, -0.1) is 0 Å². The average Bonchev–Trinajstić information content (AvgIpc) is 2.26. The quantitative estimate of drug-likeness (QED) is 0.846. The lowest BCUT2D eigenvalue weighted by molar-refractivity contribution is 0.440. The molecule has 2 N–H and O–H groups in total. The minimum absolute atomic E-state index is 0.120. The van der Waals surface area contributed by atoms with Crippen molar-refractivity contribution in [3.05, 3.63) is 48.0 Å². The average molecular weight is 227 g/mol. The largest absolute Gasteiger partial charge is 0.328 e. The van der Waals surface area contributed by atoms with E-state index in [-0.39, 0.29) is 11.5 Å². The van der Waals surface area contributed by atoms with Gasteiger partial charge in [0.15, 0.2) is 0 Å². The van der Waals surface area contributed by atoms with Crippen LogP contribution in [0.5, 0.6) is 0 Å². The van der Waals surface area contributed by atoms with Gasteiger partial charge in [0.1, 0.15) is 0 Å². The summed E-state index contributed by atoms with van der Waals surface area (Å²) in [6.07, 6.45) is 1.00. The first kappa shape index (κ1) is 12.1. The van der Waals surface area contributed by atoms with Gasteiger partial charge in [0, 0.05) is 6.04 Å². The van der Waals surface area contributed by atoms with Crippen molar-refractivity contribution >= 4 is 10.8 Å². The fraction of sp³-hybridized carbons (Fsp3) is 0.375. The standard InChI is InChI=1S/C16H21N/c1-12(17)11-16(2,3)15-10-6-8-13-7-4-5-9-14(13)15/h4-10,12H,11,17H2,1-3H3. The summed E-state index contributed by atoms with van der Waals surface area (Å²) in [4.78, 5) is 0. The molecule has 1 nitrogen and oxygen atoms in total. The normalized spacial score (nSPS) is 13.9. The Kier molecular flexibility index (Phi) is 3.21. The summed E-state index contributed by atoms with van der Waals surface area (Å²) in [7, 11) is 0. The number of fused-ring (bicyclic) bond motifs is 1. The van der Waals surface area contributed by atoms with Crippen LogP contribution in [0.25, 0.3) is 10.8 Å². The molecule has 0 aliphatic carbocycles. The minimum atomic E-state index is 0.120. The summed E-state index contributed by atoms with van der Waals surface area (Å²) in [5.41, 5.74) is 7.48. The zero-order valence-electron chi connectivity index (χ0n) is 10.9. The Morgan fingerprint density at radius 1 is 1.06 bits per heavy atom. The van der Waals surface area contributed by atoms with E-state index in [4.69, 9.17) is 5.73 Å². The van der Waals surface area contributed by atoms with Gasteiger partial charge in [-0.05, 0) is 35.1 Å².